The van der Waals surface area contributed by atoms with Crippen molar-refractivity contribution in [3.8, 4) is 5.69 Å². The van der Waals surface area contributed by atoms with Gasteiger partial charge in [0.25, 0.3) is 5.91 Å². The zero-order chi connectivity index (χ0) is 24.1. The second-order valence-electron chi connectivity index (χ2n) is 8.78. The second kappa shape index (κ2) is 10.7. The van der Waals surface area contributed by atoms with Crippen LogP contribution in [0.2, 0.25) is 0 Å². The lowest BCUT2D eigenvalue weighted by molar-refractivity contribution is 0.0757. The topological polar surface area (TPSA) is 95.1 Å². The van der Waals surface area contributed by atoms with Crippen molar-refractivity contribution in [2.24, 2.45) is 0 Å². The monoisotopic (exact) mass is 459 g/mol. The SMILES string of the molecule is CCCCc1ccc(-n2c(N)c(C(=O)NCCCOC(C)C)c3nc4ccccc4nc32)cc1. The van der Waals surface area contributed by atoms with E-state index in [1.54, 1.807) is 0 Å². The lowest BCUT2D eigenvalue weighted by Crippen LogP contribution is -2.26. The number of anilines is 1. The smallest absolute Gasteiger partial charge is 0.257 e. The summed E-state index contributed by atoms with van der Waals surface area (Å²) in [6, 6.07) is 15.9. The molecule has 0 aliphatic heterocycles. The molecule has 3 N–H and O–H groups in total. The lowest BCUT2D eigenvalue weighted by Gasteiger charge is -2.10. The molecule has 0 fully saturated rings. The molecule has 2 heterocycles. The molecule has 1 amide bonds. The van der Waals surface area contributed by atoms with Crippen molar-refractivity contribution >= 4 is 33.9 Å². The summed E-state index contributed by atoms with van der Waals surface area (Å²) in [5.41, 5.74) is 11.6. The molecule has 0 atom stereocenters. The molecule has 2 aromatic carbocycles. The summed E-state index contributed by atoms with van der Waals surface area (Å²) in [7, 11) is 0. The number of aryl methyl sites for hydroxylation is 1. The van der Waals surface area contributed by atoms with Crippen LogP contribution < -0.4 is 11.1 Å². The van der Waals surface area contributed by atoms with Crippen LogP contribution in [0.5, 0.6) is 0 Å². The van der Waals surface area contributed by atoms with Gasteiger partial charge in [-0.15, -0.1) is 0 Å². The van der Waals surface area contributed by atoms with E-state index < -0.39 is 0 Å². The van der Waals surface area contributed by atoms with Crippen LogP contribution in [0.25, 0.3) is 27.9 Å². The minimum absolute atomic E-state index is 0.168. The summed E-state index contributed by atoms with van der Waals surface area (Å²) < 4.78 is 7.39. The lowest BCUT2D eigenvalue weighted by atomic mass is 10.1. The Balaban J connectivity index is 1.73. The first-order valence-electron chi connectivity index (χ1n) is 12.1. The van der Waals surface area contributed by atoms with Crippen LogP contribution >= 0.6 is 0 Å². The third kappa shape index (κ3) is 5.04. The van der Waals surface area contributed by atoms with E-state index in [4.69, 9.17) is 20.4 Å². The number of rotatable bonds is 10. The summed E-state index contributed by atoms with van der Waals surface area (Å²) in [5.74, 6) is 0.0810. The van der Waals surface area contributed by atoms with Crippen LogP contribution in [0.4, 0.5) is 5.82 Å². The number of nitrogens with zero attached hydrogens (tertiary/aromatic N) is 3. The van der Waals surface area contributed by atoms with Crippen LogP contribution in [0.1, 0.15) is 56.0 Å². The fourth-order valence-electron chi connectivity index (χ4n) is 4.02. The number of fused-ring (bicyclic) bond motifs is 2. The fraction of sp³-hybridized carbons (Fsp3) is 0.370. The number of hydrogen-bond acceptors (Lipinski definition) is 5. The third-order valence-corrected chi connectivity index (χ3v) is 5.80. The highest BCUT2D eigenvalue weighted by Crippen LogP contribution is 2.31. The second-order valence-corrected chi connectivity index (χ2v) is 8.78. The maximum atomic E-state index is 13.2. The molecule has 0 aliphatic carbocycles. The minimum Gasteiger partial charge on any atom is -0.384 e. The molecule has 0 saturated heterocycles. The number of carbonyl (C=O) groups excluding carboxylic acids is 1. The van der Waals surface area contributed by atoms with Gasteiger partial charge in [-0.05, 0) is 62.9 Å². The quantitative estimate of drug-likeness (QED) is 0.324. The minimum atomic E-state index is -0.255. The van der Waals surface area contributed by atoms with Gasteiger partial charge in [-0.25, -0.2) is 9.97 Å². The number of nitrogens with one attached hydrogen (secondary N) is 1. The molecule has 7 heteroatoms. The van der Waals surface area contributed by atoms with Gasteiger partial charge in [0, 0.05) is 18.8 Å². The number of amides is 1. The summed E-state index contributed by atoms with van der Waals surface area (Å²) in [6.07, 6.45) is 4.23. The Labute approximate surface area is 200 Å². The summed E-state index contributed by atoms with van der Waals surface area (Å²) in [4.78, 5) is 22.8. The van der Waals surface area contributed by atoms with Gasteiger partial charge in [-0.2, -0.15) is 0 Å². The van der Waals surface area contributed by atoms with Crippen molar-refractivity contribution in [1.82, 2.24) is 19.9 Å². The van der Waals surface area contributed by atoms with Gasteiger partial charge in [0.2, 0.25) is 0 Å². The number of nitrogen functional groups attached to an aromatic ring is 1. The molecule has 4 rings (SSSR count). The molecular weight excluding hydrogens is 426 g/mol. The van der Waals surface area contributed by atoms with E-state index >= 15 is 0 Å². The van der Waals surface area contributed by atoms with Gasteiger partial charge in [-0.3, -0.25) is 9.36 Å². The van der Waals surface area contributed by atoms with E-state index in [9.17, 15) is 4.79 Å². The van der Waals surface area contributed by atoms with Crippen molar-refractivity contribution in [3.63, 3.8) is 0 Å². The molecule has 0 radical (unpaired) electrons. The largest absolute Gasteiger partial charge is 0.384 e. The molecule has 178 valence electrons. The standard InChI is InChI=1S/C27H33N5O2/c1-4-5-9-19-12-14-20(15-13-19)32-25(28)23(27(33)29-16-8-17-34-18(2)3)24-26(32)31-22-11-7-6-10-21(22)30-24/h6-7,10-15,18H,4-5,8-9,16-17,28H2,1-3H3,(H,29,33). The maximum Gasteiger partial charge on any atom is 0.257 e. The van der Waals surface area contributed by atoms with E-state index in [0.717, 1.165) is 42.4 Å². The number of unbranched alkanes of at least 4 members (excludes halogenated alkanes) is 1. The van der Waals surface area contributed by atoms with Crippen LogP contribution in [0.3, 0.4) is 0 Å². The molecule has 2 aromatic heterocycles. The highest BCUT2D eigenvalue weighted by atomic mass is 16.5. The van der Waals surface area contributed by atoms with E-state index in [0.29, 0.717) is 35.7 Å². The zero-order valence-electron chi connectivity index (χ0n) is 20.2. The number of hydrogen-bond donors (Lipinski definition) is 2. The van der Waals surface area contributed by atoms with Gasteiger partial charge < -0.3 is 15.8 Å². The number of benzene rings is 2. The van der Waals surface area contributed by atoms with Crippen molar-refractivity contribution in [2.45, 2.75) is 52.6 Å². The molecule has 0 spiro atoms. The molecule has 0 saturated carbocycles. The summed E-state index contributed by atoms with van der Waals surface area (Å²) >= 11 is 0. The van der Waals surface area contributed by atoms with Gasteiger partial charge in [-0.1, -0.05) is 37.6 Å². The van der Waals surface area contributed by atoms with E-state index in [2.05, 4.69) is 24.4 Å². The first kappa shape index (κ1) is 23.7. The van der Waals surface area contributed by atoms with Crippen molar-refractivity contribution < 1.29 is 9.53 Å². The Morgan fingerprint density at radius 2 is 1.76 bits per heavy atom. The first-order valence-corrected chi connectivity index (χ1v) is 12.1. The van der Waals surface area contributed by atoms with E-state index in [1.807, 2.05) is 54.8 Å². The average molecular weight is 460 g/mol. The number of carbonyl (C=O) groups is 1. The molecule has 34 heavy (non-hydrogen) atoms. The number of ether oxygens (including phenoxy) is 1. The van der Waals surface area contributed by atoms with Gasteiger partial charge in [0.1, 0.15) is 16.9 Å². The number of aromatic nitrogens is 3. The number of nitrogens with two attached hydrogens (primary N) is 1. The molecule has 0 bridgehead atoms. The van der Waals surface area contributed by atoms with Crippen LogP contribution in [-0.2, 0) is 11.2 Å². The van der Waals surface area contributed by atoms with Gasteiger partial charge >= 0.3 is 0 Å². The van der Waals surface area contributed by atoms with Crippen molar-refractivity contribution in [1.29, 1.82) is 0 Å². The summed E-state index contributed by atoms with van der Waals surface area (Å²) in [6.45, 7) is 7.25. The molecular formula is C27H33N5O2. The first-order chi connectivity index (χ1) is 16.5. The van der Waals surface area contributed by atoms with Crippen molar-refractivity contribution in [2.75, 3.05) is 18.9 Å². The normalized spacial score (nSPS) is 11.5. The summed E-state index contributed by atoms with van der Waals surface area (Å²) in [5, 5.41) is 2.97. The maximum absolute atomic E-state index is 13.2. The van der Waals surface area contributed by atoms with Gasteiger partial charge in [0.15, 0.2) is 5.65 Å². The Bertz CT molecular complexity index is 1280. The zero-order valence-corrected chi connectivity index (χ0v) is 20.2. The highest BCUT2D eigenvalue weighted by Gasteiger charge is 2.24. The Kier molecular flexibility index (Phi) is 7.43. The molecule has 0 aliphatic rings. The Morgan fingerprint density at radius 3 is 2.44 bits per heavy atom. The van der Waals surface area contributed by atoms with E-state index in [-0.39, 0.29) is 12.0 Å². The van der Waals surface area contributed by atoms with E-state index in [1.165, 1.54) is 5.56 Å². The third-order valence-electron chi connectivity index (χ3n) is 5.80. The fourth-order valence-corrected chi connectivity index (χ4v) is 4.02. The number of para-hydroxylation sites is 2. The molecule has 0 unspecified atom stereocenters. The Hall–Kier alpha value is -3.45. The molecule has 4 aromatic rings. The Morgan fingerprint density at radius 1 is 1.06 bits per heavy atom. The van der Waals surface area contributed by atoms with Crippen LogP contribution in [-0.4, -0.2) is 39.7 Å². The molecule has 7 nitrogen and oxygen atoms in total. The van der Waals surface area contributed by atoms with Crippen LogP contribution in [0.15, 0.2) is 48.5 Å². The predicted octanol–water partition coefficient (Wildman–Crippen LogP) is 5.04. The predicted molar refractivity (Wildman–Crippen MR) is 137 cm³/mol. The van der Waals surface area contributed by atoms with Crippen molar-refractivity contribution in [3.05, 3.63) is 59.7 Å². The highest BCUT2D eigenvalue weighted by molar-refractivity contribution is 6.11. The average Bonchev–Trinajstić information content (AvgIpc) is 3.11. The van der Waals surface area contributed by atoms with Crippen LogP contribution in [0, 0.1) is 0 Å². The van der Waals surface area contributed by atoms with Gasteiger partial charge in [0.05, 0.1) is 17.1 Å².